The molecule has 1 unspecified atom stereocenters. The molecule has 0 radical (unpaired) electrons. The Labute approximate surface area is 118 Å². The average Bonchev–Trinajstić information content (AvgIpc) is 2.38. The third-order valence-electron chi connectivity index (χ3n) is 2.67. The summed E-state index contributed by atoms with van der Waals surface area (Å²) in [4.78, 5) is 11.9. The second kappa shape index (κ2) is 7.37. The van der Waals surface area contributed by atoms with Crippen molar-refractivity contribution in [2.75, 3.05) is 26.5 Å². The van der Waals surface area contributed by atoms with Gasteiger partial charge in [0.05, 0.1) is 17.6 Å². The lowest BCUT2D eigenvalue weighted by Gasteiger charge is -2.10. The van der Waals surface area contributed by atoms with E-state index in [1.54, 1.807) is 0 Å². The molecule has 1 rings (SSSR count). The van der Waals surface area contributed by atoms with Gasteiger partial charge in [-0.3, -0.25) is 4.79 Å². The van der Waals surface area contributed by atoms with E-state index < -0.39 is 15.9 Å². The molecule has 0 aliphatic rings. The number of benzene rings is 1. The van der Waals surface area contributed by atoms with E-state index in [0.29, 0.717) is 18.5 Å². The minimum atomic E-state index is -3.26. The number of hydrogen-bond acceptors (Lipinski definition) is 5. The third kappa shape index (κ3) is 5.28. The van der Waals surface area contributed by atoms with Gasteiger partial charge in [0.25, 0.3) is 5.91 Å². The van der Waals surface area contributed by atoms with E-state index >= 15 is 0 Å². The van der Waals surface area contributed by atoms with E-state index in [4.69, 9.17) is 4.74 Å². The van der Waals surface area contributed by atoms with E-state index in [1.807, 2.05) is 0 Å². The molecule has 0 aromatic heterocycles. The Bertz CT molecular complexity index is 538. The van der Waals surface area contributed by atoms with Crippen LogP contribution in [0.4, 0.5) is 0 Å². The van der Waals surface area contributed by atoms with E-state index in [0.717, 1.165) is 6.26 Å². The topological polar surface area (TPSA) is 92.7 Å². The summed E-state index contributed by atoms with van der Waals surface area (Å²) >= 11 is 0. The lowest BCUT2D eigenvalue weighted by atomic mass is 10.2. The molecule has 0 fully saturated rings. The van der Waals surface area contributed by atoms with Crippen molar-refractivity contribution in [2.45, 2.75) is 17.4 Å². The minimum absolute atomic E-state index is 0.171. The SMILES string of the molecule is COCC(O)CCNC(=O)c1ccc(S(C)(=O)=O)cc1. The number of nitrogens with one attached hydrogen (secondary N) is 1. The van der Waals surface area contributed by atoms with Crippen LogP contribution in [0.1, 0.15) is 16.8 Å². The van der Waals surface area contributed by atoms with Gasteiger partial charge in [-0.2, -0.15) is 0 Å². The van der Waals surface area contributed by atoms with E-state index in [2.05, 4.69) is 5.32 Å². The number of carbonyl (C=O) groups is 1. The Kier molecular flexibility index (Phi) is 6.12. The molecule has 112 valence electrons. The molecule has 2 N–H and O–H groups in total. The van der Waals surface area contributed by atoms with Gasteiger partial charge in [0.2, 0.25) is 0 Å². The summed E-state index contributed by atoms with van der Waals surface area (Å²) in [6.45, 7) is 0.538. The van der Waals surface area contributed by atoms with Crippen LogP contribution < -0.4 is 5.32 Å². The van der Waals surface area contributed by atoms with Crippen molar-refractivity contribution >= 4 is 15.7 Å². The standard InChI is InChI=1S/C13H19NO5S/c1-19-9-11(15)7-8-14-13(16)10-3-5-12(6-4-10)20(2,17)18/h3-6,11,15H,7-9H2,1-2H3,(H,14,16). The van der Waals surface area contributed by atoms with Gasteiger partial charge in [-0.15, -0.1) is 0 Å². The van der Waals surface area contributed by atoms with Crippen molar-refractivity contribution in [3.8, 4) is 0 Å². The molecule has 1 amide bonds. The van der Waals surface area contributed by atoms with Gasteiger partial charge in [-0.1, -0.05) is 0 Å². The summed E-state index contributed by atoms with van der Waals surface area (Å²) in [6, 6.07) is 5.70. The molecular formula is C13H19NO5S. The van der Waals surface area contributed by atoms with Crippen molar-refractivity contribution in [2.24, 2.45) is 0 Å². The molecule has 7 heteroatoms. The molecule has 6 nitrogen and oxygen atoms in total. The predicted octanol–water partition coefficient (Wildman–Crippen LogP) is 0.217. The molecule has 1 aromatic rings. The van der Waals surface area contributed by atoms with E-state index in [1.165, 1.54) is 31.4 Å². The van der Waals surface area contributed by atoms with Crippen LogP contribution in [0.25, 0.3) is 0 Å². The number of aliphatic hydroxyl groups excluding tert-OH is 1. The lowest BCUT2D eigenvalue weighted by molar-refractivity contribution is 0.0587. The predicted molar refractivity (Wildman–Crippen MR) is 74.4 cm³/mol. The first-order chi connectivity index (χ1) is 9.34. The van der Waals surface area contributed by atoms with Gasteiger partial charge in [0.1, 0.15) is 0 Å². The number of carbonyl (C=O) groups excluding carboxylic acids is 1. The summed E-state index contributed by atoms with van der Waals surface area (Å²) in [5, 5.41) is 12.1. The van der Waals surface area contributed by atoms with Crippen molar-refractivity contribution in [1.29, 1.82) is 0 Å². The second-order valence-corrected chi connectivity index (χ2v) is 6.47. The van der Waals surface area contributed by atoms with Crippen molar-refractivity contribution in [1.82, 2.24) is 5.32 Å². The first kappa shape index (κ1) is 16.6. The molecule has 0 spiro atoms. The fraction of sp³-hybridized carbons (Fsp3) is 0.462. The van der Waals surface area contributed by atoms with Gasteiger partial charge >= 0.3 is 0 Å². The van der Waals surface area contributed by atoms with Crippen LogP contribution in [-0.4, -0.2) is 52.1 Å². The van der Waals surface area contributed by atoms with Crippen LogP contribution in [0.2, 0.25) is 0 Å². The third-order valence-corrected chi connectivity index (χ3v) is 3.80. The number of sulfone groups is 1. The first-order valence-corrected chi connectivity index (χ1v) is 7.99. The molecule has 0 heterocycles. The Morgan fingerprint density at radius 3 is 2.45 bits per heavy atom. The zero-order valence-corrected chi connectivity index (χ0v) is 12.3. The molecule has 0 aliphatic carbocycles. The monoisotopic (exact) mass is 301 g/mol. The maximum absolute atomic E-state index is 11.8. The average molecular weight is 301 g/mol. The molecule has 0 bridgehead atoms. The maximum atomic E-state index is 11.8. The first-order valence-electron chi connectivity index (χ1n) is 6.10. The highest BCUT2D eigenvalue weighted by Gasteiger charge is 2.10. The Morgan fingerprint density at radius 2 is 1.95 bits per heavy atom. The quantitative estimate of drug-likeness (QED) is 0.751. The minimum Gasteiger partial charge on any atom is -0.391 e. The van der Waals surface area contributed by atoms with Gasteiger partial charge in [0.15, 0.2) is 9.84 Å². The van der Waals surface area contributed by atoms with Crippen molar-refractivity contribution in [3.05, 3.63) is 29.8 Å². The van der Waals surface area contributed by atoms with Crippen LogP contribution in [0.15, 0.2) is 29.2 Å². The number of aliphatic hydroxyl groups is 1. The highest BCUT2D eigenvalue weighted by atomic mass is 32.2. The summed E-state index contributed by atoms with van der Waals surface area (Å²) in [7, 11) is -1.77. The molecule has 20 heavy (non-hydrogen) atoms. The molecule has 0 aliphatic heterocycles. The number of ether oxygens (including phenoxy) is 1. The highest BCUT2D eigenvalue weighted by Crippen LogP contribution is 2.10. The van der Waals surface area contributed by atoms with Crippen molar-refractivity contribution in [3.63, 3.8) is 0 Å². The summed E-state index contributed by atoms with van der Waals surface area (Å²) in [6.07, 6.45) is 0.883. The van der Waals surface area contributed by atoms with Crippen LogP contribution in [0, 0.1) is 0 Å². The molecule has 1 atom stereocenters. The second-order valence-electron chi connectivity index (χ2n) is 4.45. The number of rotatable bonds is 7. The zero-order valence-electron chi connectivity index (χ0n) is 11.5. The van der Waals surface area contributed by atoms with E-state index in [9.17, 15) is 18.3 Å². The fourth-order valence-electron chi connectivity index (χ4n) is 1.58. The fourth-order valence-corrected chi connectivity index (χ4v) is 2.21. The normalized spacial score (nSPS) is 12.9. The summed E-state index contributed by atoms with van der Waals surface area (Å²) in [5.74, 6) is -0.310. The van der Waals surface area contributed by atoms with Gasteiger partial charge in [-0.05, 0) is 30.7 Å². The van der Waals surface area contributed by atoms with Crippen molar-refractivity contribution < 1.29 is 23.1 Å². The summed E-state index contributed by atoms with van der Waals surface area (Å²) in [5.41, 5.74) is 0.374. The Morgan fingerprint density at radius 1 is 1.35 bits per heavy atom. The van der Waals surface area contributed by atoms with Crippen LogP contribution in [0.3, 0.4) is 0 Å². The van der Waals surface area contributed by atoms with Crippen LogP contribution in [0.5, 0.6) is 0 Å². The molecule has 0 saturated carbocycles. The maximum Gasteiger partial charge on any atom is 0.251 e. The summed E-state index contributed by atoms with van der Waals surface area (Å²) < 4.78 is 27.3. The van der Waals surface area contributed by atoms with E-state index in [-0.39, 0.29) is 17.4 Å². The molecular weight excluding hydrogens is 282 g/mol. The highest BCUT2D eigenvalue weighted by molar-refractivity contribution is 7.90. The largest absolute Gasteiger partial charge is 0.391 e. The number of methoxy groups -OCH3 is 1. The van der Waals surface area contributed by atoms with Gasteiger partial charge < -0.3 is 15.2 Å². The Balaban J connectivity index is 2.52. The zero-order chi connectivity index (χ0) is 15.2. The smallest absolute Gasteiger partial charge is 0.251 e. The molecule has 1 aromatic carbocycles. The molecule has 0 saturated heterocycles. The number of amides is 1. The Hall–Kier alpha value is -1.44. The van der Waals surface area contributed by atoms with Gasteiger partial charge in [-0.25, -0.2) is 8.42 Å². The number of hydrogen-bond donors (Lipinski definition) is 2. The lowest BCUT2D eigenvalue weighted by Crippen LogP contribution is -2.28. The van der Waals surface area contributed by atoms with Crippen LogP contribution in [-0.2, 0) is 14.6 Å². The van der Waals surface area contributed by atoms with Gasteiger partial charge in [0, 0.05) is 25.5 Å². The van der Waals surface area contributed by atoms with Crippen LogP contribution >= 0.6 is 0 Å².